The van der Waals surface area contributed by atoms with Crippen molar-refractivity contribution in [3.05, 3.63) is 24.3 Å². The van der Waals surface area contributed by atoms with E-state index >= 15 is 0 Å². The molecular formula is C16H18O10. The lowest BCUT2D eigenvalue weighted by molar-refractivity contribution is -0.150. The fourth-order valence-corrected chi connectivity index (χ4v) is 2.42. The standard InChI is InChI=1S/C16H18O10/c1-21-11(17)3-5-13(19)25-9-7-23-16-10(8-24-15(9)16)26-14(20)6-4-12(18)22-2/h3-6,9-10,15-16H,7-8H2,1-2H3/b5-3+,6-4+/t9-,10+,15-,16-/m1/s1. The summed E-state index contributed by atoms with van der Waals surface area (Å²) in [6.45, 7) is 0.109. The van der Waals surface area contributed by atoms with Crippen LogP contribution >= 0.6 is 0 Å². The predicted octanol–water partition coefficient (Wildman–Crippen LogP) is -0.934. The number of ether oxygens (including phenoxy) is 6. The lowest BCUT2D eigenvalue weighted by Gasteiger charge is -2.16. The Morgan fingerprint density at radius 3 is 1.38 bits per heavy atom. The van der Waals surface area contributed by atoms with Crippen LogP contribution in [0.4, 0.5) is 0 Å². The summed E-state index contributed by atoms with van der Waals surface area (Å²) >= 11 is 0. The average molecular weight is 370 g/mol. The molecule has 2 aliphatic heterocycles. The first-order valence-electron chi connectivity index (χ1n) is 7.61. The number of esters is 4. The van der Waals surface area contributed by atoms with E-state index in [4.69, 9.17) is 18.9 Å². The fraction of sp³-hybridized carbons (Fsp3) is 0.500. The Morgan fingerprint density at radius 2 is 1.04 bits per heavy atom. The SMILES string of the molecule is COC(=O)/C=C/C(=O)O[C@H]1CO[C@H]2[C@@H]1OC[C@H]2OC(=O)/C=C/C(=O)OC. The monoisotopic (exact) mass is 370 g/mol. The summed E-state index contributed by atoms with van der Waals surface area (Å²) in [6, 6.07) is 0. The highest BCUT2D eigenvalue weighted by molar-refractivity contribution is 5.92. The second kappa shape index (κ2) is 9.11. The van der Waals surface area contributed by atoms with Crippen LogP contribution in [0.15, 0.2) is 24.3 Å². The summed E-state index contributed by atoms with van der Waals surface area (Å²) in [6.07, 6.45) is 1.12. The van der Waals surface area contributed by atoms with Crippen LogP contribution in [0, 0.1) is 0 Å². The Kier molecular flexibility index (Phi) is 6.87. The molecular weight excluding hydrogens is 352 g/mol. The molecule has 2 saturated heterocycles. The van der Waals surface area contributed by atoms with E-state index in [1.54, 1.807) is 0 Å². The highest BCUT2D eigenvalue weighted by atomic mass is 16.7. The van der Waals surface area contributed by atoms with Gasteiger partial charge in [-0.05, 0) is 0 Å². The van der Waals surface area contributed by atoms with Crippen LogP contribution in [0.2, 0.25) is 0 Å². The second-order valence-electron chi connectivity index (χ2n) is 5.26. The van der Waals surface area contributed by atoms with Crippen molar-refractivity contribution in [1.82, 2.24) is 0 Å². The first-order valence-corrected chi connectivity index (χ1v) is 7.61. The van der Waals surface area contributed by atoms with Crippen molar-refractivity contribution in [2.24, 2.45) is 0 Å². The van der Waals surface area contributed by atoms with E-state index in [1.165, 1.54) is 14.2 Å². The minimum Gasteiger partial charge on any atom is -0.466 e. The van der Waals surface area contributed by atoms with Crippen molar-refractivity contribution in [1.29, 1.82) is 0 Å². The Morgan fingerprint density at radius 1 is 0.692 bits per heavy atom. The Labute approximate surface area is 148 Å². The number of carbonyl (C=O) groups excluding carboxylic acids is 4. The van der Waals surface area contributed by atoms with Gasteiger partial charge in [0.2, 0.25) is 0 Å². The zero-order chi connectivity index (χ0) is 19.1. The Bertz CT molecular complexity index is 569. The molecule has 142 valence electrons. The van der Waals surface area contributed by atoms with Gasteiger partial charge in [0.05, 0.1) is 27.4 Å². The first kappa shape index (κ1) is 19.6. The minimum atomic E-state index is -0.755. The van der Waals surface area contributed by atoms with Crippen molar-refractivity contribution in [2.45, 2.75) is 24.4 Å². The zero-order valence-corrected chi connectivity index (χ0v) is 14.1. The normalized spacial score (nSPS) is 27.3. The molecule has 26 heavy (non-hydrogen) atoms. The molecule has 10 nitrogen and oxygen atoms in total. The molecule has 2 aliphatic rings. The van der Waals surface area contributed by atoms with E-state index < -0.39 is 48.3 Å². The summed E-state index contributed by atoms with van der Waals surface area (Å²) in [7, 11) is 2.36. The van der Waals surface area contributed by atoms with Crippen LogP contribution in [-0.2, 0) is 47.6 Å². The molecule has 0 spiro atoms. The number of hydrogen-bond donors (Lipinski definition) is 0. The second-order valence-corrected chi connectivity index (χ2v) is 5.26. The van der Waals surface area contributed by atoms with E-state index in [0.717, 1.165) is 24.3 Å². The number of carbonyl (C=O) groups is 4. The zero-order valence-electron chi connectivity index (χ0n) is 14.1. The molecule has 0 aliphatic carbocycles. The summed E-state index contributed by atoms with van der Waals surface area (Å²) in [5.41, 5.74) is 0. The molecule has 0 bridgehead atoms. The van der Waals surface area contributed by atoms with Crippen LogP contribution in [0.25, 0.3) is 0 Å². The summed E-state index contributed by atoms with van der Waals surface area (Å²) in [4.78, 5) is 45.3. The van der Waals surface area contributed by atoms with Gasteiger partial charge in [-0.3, -0.25) is 0 Å². The molecule has 2 rings (SSSR count). The van der Waals surface area contributed by atoms with Gasteiger partial charge >= 0.3 is 23.9 Å². The van der Waals surface area contributed by atoms with Gasteiger partial charge in [-0.2, -0.15) is 0 Å². The van der Waals surface area contributed by atoms with Gasteiger partial charge in [0.1, 0.15) is 12.2 Å². The topological polar surface area (TPSA) is 124 Å². The van der Waals surface area contributed by atoms with E-state index in [2.05, 4.69) is 9.47 Å². The molecule has 0 unspecified atom stereocenters. The lowest BCUT2D eigenvalue weighted by Crippen LogP contribution is -2.35. The molecule has 2 heterocycles. The van der Waals surface area contributed by atoms with Gasteiger partial charge in [-0.15, -0.1) is 0 Å². The highest BCUT2D eigenvalue weighted by Gasteiger charge is 2.51. The van der Waals surface area contributed by atoms with Gasteiger partial charge in [0.15, 0.2) is 12.2 Å². The Balaban J connectivity index is 1.85. The van der Waals surface area contributed by atoms with Crippen molar-refractivity contribution < 1.29 is 47.6 Å². The number of rotatable bonds is 6. The fourth-order valence-electron chi connectivity index (χ4n) is 2.42. The third kappa shape index (κ3) is 5.14. The predicted molar refractivity (Wildman–Crippen MR) is 81.6 cm³/mol. The van der Waals surface area contributed by atoms with Crippen LogP contribution < -0.4 is 0 Å². The smallest absolute Gasteiger partial charge is 0.331 e. The Hall–Kier alpha value is -2.72. The van der Waals surface area contributed by atoms with Crippen LogP contribution in [0.1, 0.15) is 0 Å². The largest absolute Gasteiger partial charge is 0.466 e. The summed E-state index contributed by atoms with van der Waals surface area (Å²) in [5, 5.41) is 0. The van der Waals surface area contributed by atoms with E-state index in [0.29, 0.717) is 0 Å². The minimum absolute atomic E-state index is 0.0547. The van der Waals surface area contributed by atoms with Crippen LogP contribution in [-0.4, -0.2) is 75.7 Å². The maximum absolute atomic E-state index is 11.7. The van der Waals surface area contributed by atoms with Gasteiger partial charge in [-0.1, -0.05) is 0 Å². The quantitative estimate of drug-likeness (QED) is 0.329. The molecule has 10 heteroatoms. The average Bonchev–Trinajstić information content (AvgIpc) is 3.21. The molecule has 0 aromatic rings. The van der Waals surface area contributed by atoms with Gasteiger partial charge in [-0.25, -0.2) is 19.2 Å². The van der Waals surface area contributed by atoms with Crippen molar-refractivity contribution in [3.63, 3.8) is 0 Å². The van der Waals surface area contributed by atoms with Crippen LogP contribution in [0.5, 0.6) is 0 Å². The van der Waals surface area contributed by atoms with Crippen molar-refractivity contribution in [2.75, 3.05) is 27.4 Å². The van der Waals surface area contributed by atoms with Crippen molar-refractivity contribution >= 4 is 23.9 Å². The molecule has 0 aromatic heterocycles. The number of hydrogen-bond acceptors (Lipinski definition) is 10. The maximum atomic E-state index is 11.7. The maximum Gasteiger partial charge on any atom is 0.331 e. The number of methoxy groups -OCH3 is 2. The van der Waals surface area contributed by atoms with E-state index in [-0.39, 0.29) is 13.2 Å². The molecule has 0 amide bonds. The first-order chi connectivity index (χ1) is 12.4. The third-order valence-corrected chi connectivity index (χ3v) is 3.61. The molecule has 0 N–H and O–H groups in total. The van der Waals surface area contributed by atoms with Crippen LogP contribution in [0.3, 0.4) is 0 Å². The molecule has 0 aromatic carbocycles. The molecule has 2 fully saturated rings. The van der Waals surface area contributed by atoms with Gasteiger partial charge in [0, 0.05) is 24.3 Å². The third-order valence-electron chi connectivity index (χ3n) is 3.61. The van der Waals surface area contributed by atoms with Gasteiger partial charge in [0.25, 0.3) is 0 Å². The van der Waals surface area contributed by atoms with Crippen molar-refractivity contribution in [3.8, 4) is 0 Å². The van der Waals surface area contributed by atoms with E-state index in [1.807, 2.05) is 0 Å². The summed E-state index contributed by atoms with van der Waals surface area (Å²) < 4.78 is 30.0. The van der Waals surface area contributed by atoms with Gasteiger partial charge < -0.3 is 28.4 Å². The lowest BCUT2D eigenvalue weighted by atomic mass is 10.1. The summed E-state index contributed by atoms with van der Waals surface area (Å²) in [5.74, 6) is -2.89. The highest BCUT2D eigenvalue weighted by Crippen LogP contribution is 2.30. The molecule has 4 atom stereocenters. The molecule has 0 saturated carbocycles. The number of fused-ring (bicyclic) bond motifs is 1. The van der Waals surface area contributed by atoms with E-state index in [9.17, 15) is 19.2 Å². The molecule has 0 radical (unpaired) electrons.